The van der Waals surface area contributed by atoms with E-state index in [1.165, 1.54) is 0 Å². The lowest BCUT2D eigenvalue weighted by Gasteiger charge is -2.06. The summed E-state index contributed by atoms with van der Waals surface area (Å²) in [5.41, 5.74) is 1.86. The van der Waals surface area contributed by atoms with Gasteiger partial charge in [-0.1, -0.05) is 6.92 Å². The Bertz CT molecular complexity index is 593. The van der Waals surface area contributed by atoms with Crippen LogP contribution in [-0.2, 0) is 5.88 Å². The first kappa shape index (κ1) is 13.6. The molecule has 100 valence electrons. The molecule has 1 heterocycles. The van der Waals surface area contributed by atoms with Crippen molar-refractivity contribution in [3.63, 3.8) is 0 Å². The van der Waals surface area contributed by atoms with Crippen LogP contribution in [0.3, 0.4) is 0 Å². The Morgan fingerprint density at radius 2 is 2.05 bits per heavy atom. The molecule has 2 aromatic rings. The van der Waals surface area contributed by atoms with Gasteiger partial charge < -0.3 is 4.74 Å². The molecule has 0 aliphatic carbocycles. The van der Waals surface area contributed by atoms with Crippen LogP contribution < -0.4 is 10.3 Å². The maximum absolute atomic E-state index is 11.4. The molecule has 0 saturated carbocycles. The molecule has 0 bridgehead atoms. The summed E-state index contributed by atoms with van der Waals surface area (Å²) < 4.78 is 5.51. The maximum Gasteiger partial charge on any atom is 0.268 e. The van der Waals surface area contributed by atoms with Crippen molar-refractivity contribution in [2.75, 3.05) is 6.61 Å². The average molecular weight is 279 g/mol. The van der Waals surface area contributed by atoms with Crippen LogP contribution in [0.5, 0.6) is 5.75 Å². The predicted molar refractivity (Wildman–Crippen MR) is 75.6 cm³/mol. The first-order chi connectivity index (χ1) is 9.24. The quantitative estimate of drug-likeness (QED) is 0.856. The van der Waals surface area contributed by atoms with E-state index in [4.69, 9.17) is 16.3 Å². The topological polar surface area (TPSA) is 55.0 Å². The molecular formula is C14H15ClN2O2. The van der Waals surface area contributed by atoms with E-state index in [1.54, 1.807) is 6.07 Å². The van der Waals surface area contributed by atoms with E-state index in [0.29, 0.717) is 17.9 Å². The molecule has 0 spiro atoms. The number of benzene rings is 1. The number of hydrogen-bond donors (Lipinski definition) is 1. The normalized spacial score (nSPS) is 10.4. The second kappa shape index (κ2) is 6.38. The van der Waals surface area contributed by atoms with Gasteiger partial charge in [0.05, 0.1) is 18.2 Å². The summed E-state index contributed by atoms with van der Waals surface area (Å²) in [6.45, 7) is 2.76. The summed E-state index contributed by atoms with van der Waals surface area (Å²) in [5, 5.41) is 6.46. The molecule has 1 N–H and O–H groups in total. The van der Waals surface area contributed by atoms with E-state index < -0.39 is 0 Å². The highest BCUT2D eigenvalue weighted by Crippen LogP contribution is 2.20. The van der Waals surface area contributed by atoms with Crippen LogP contribution in [0.25, 0.3) is 11.3 Å². The lowest BCUT2D eigenvalue weighted by atomic mass is 10.1. The van der Waals surface area contributed by atoms with Crippen molar-refractivity contribution >= 4 is 11.6 Å². The minimum absolute atomic E-state index is 0.169. The van der Waals surface area contributed by atoms with Crippen LogP contribution in [0, 0.1) is 0 Å². The first-order valence-corrected chi connectivity index (χ1v) is 6.66. The molecule has 0 aliphatic heterocycles. The average Bonchev–Trinajstić information content (AvgIpc) is 2.46. The third-order valence-corrected chi connectivity index (χ3v) is 2.94. The Kier molecular flexibility index (Phi) is 4.58. The van der Waals surface area contributed by atoms with Gasteiger partial charge in [-0.15, -0.1) is 11.6 Å². The Morgan fingerprint density at radius 1 is 1.32 bits per heavy atom. The molecule has 0 aliphatic rings. The molecule has 0 unspecified atom stereocenters. The molecule has 0 saturated heterocycles. The van der Waals surface area contributed by atoms with Crippen molar-refractivity contribution < 1.29 is 4.74 Å². The Morgan fingerprint density at radius 3 is 2.68 bits per heavy atom. The fourth-order valence-electron chi connectivity index (χ4n) is 1.63. The molecular weight excluding hydrogens is 264 g/mol. The summed E-state index contributed by atoms with van der Waals surface area (Å²) in [4.78, 5) is 11.4. The lowest BCUT2D eigenvalue weighted by Crippen LogP contribution is -2.13. The van der Waals surface area contributed by atoms with Crippen molar-refractivity contribution in [3.05, 3.63) is 46.2 Å². The second-order valence-electron chi connectivity index (χ2n) is 4.11. The van der Waals surface area contributed by atoms with Gasteiger partial charge in [0.15, 0.2) is 0 Å². The molecule has 0 radical (unpaired) electrons. The SMILES string of the molecule is CCCOc1ccc(-c2cc(CCl)c(=O)[nH]n2)cc1. The van der Waals surface area contributed by atoms with E-state index in [0.717, 1.165) is 17.7 Å². The number of alkyl halides is 1. The molecule has 5 heteroatoms. The number of rotatable bonds is 5. The zero-order chi connectivity index (χ0) is 13.7. The number of hydrogen-bond acceptors (Lipinski definition) is 3. The molecule has 4 nitrogen and oxygen atoms in total. The smallest absolute Gasteiger partial charge is 0.268 e. The van der Waals surface area contributed by atoms with Crippen molar-refractivity contribution in [2.45, 2.75) is 19.2 Å². The largest absolute Gasteiger partial charge is 0.494 e. The second-order valence-corrected chi connectivity index (χ2v) is 4.38. The number of ether oxygens (including phenoxy) is 1. The van der Waals surface area contributed by atoms with Gasteiger partial charge in [-0.05, 0) is 36.8 Å². The van der Waals surface area contributed by atoms with Gasteiger partial charge in [0.2, 0.25) is 0 Å². The van der Waals surface area contributed by atoms with Crippen molar-refractivity contribution in [1.82, 2.24) is 10.2 Å². The third kappa shape index (κ3) is 3.35. The Balaban J connectivity index is 2.24. The number of H-pyrrole nitrogens is 1. The standard InChI is InChI=1S/C14H15ClN2O2/c1-2-7-19-12-5-3-10(4-6-12)13-8-11(9-15)14(18)17-16-13/h3-6,8H,2,7,9H2,1H3,(H,17,18). The zero-order valence-electron chi connectivity index (χ0n) is 10.6. The highest BCUT2D eigenvalue weighted by Gasteiger charge is 2.04. The number of halogens is 1. The van der Waals surface area contributed by atoms with Gasteiger partial charge in [-0.3, -0.25) is 4.79 Å². The van der Waals surface area contributed by atoms with Gasteiger partial charge >= 0.3 is 0 Å². The van der Waals surface area contributed by atoms with E-state index >= 15 is 0 Å². The molecule has 2 rings (SSSR count). The molecule has 1 aromatic carbocycles. The maximum atomic E-state index is 11.4. The van der Waals surface area contributed by atoms with E-state index in [-0.39, 0.29) is 11.4 Å². The van der Waals surface area contributed by atoms with Crippen molar-refractivity contribution in [2.24, 2.45) is 0 Å². The van der Waals surface area contributed by atoms with E-state index in [2.05, 4.69) is 17.1 Å². The first-order valence-electron chi connectivity index (χ1n) is 6.12. The van der Waals surface area contributed by atoms with Gasteiger partial charge in [0.25, 0.3) is 5.56 Å². The van der Waals surface area contributed by atoms with Gasteiger partial charge in [-0.2, -0.15) is 5.10 Å². The summed E-state index contributed by atoms with van der Waals surface area (Å²) >= 11 is 5.71. The summed E-state index contributed by atoms with van der Waals surface area (Å²) in [5.74, 6) is 0.996. The minimum Gasteiger partial charge on any atom is -0.494 e. The van der Waals surface area contributed by atoms with Crippen LogP contribution in [0.2, 0.25) is 0 Å². The molecule has 0 amide bonds. The fraction of sp³-hybridized carbons (Fsp3) is 0.286. The van der Waals surface area contributed by atoms with Crippen LogP contribution in [0.4, 0.5) is 0 Å². The number of aromatic amines is 1. The summed E-state index contributed by atoms with van der Waals surface area (Å²) in [7, 11) is 0. The monoisotopic (exact) mass is 278 g/mol. The molecule has 0 fully saturated rings. The van der Waals surface area contributed by atoms with Crippen molar-refractivity contribution in [1.29, 1.82) is 0 Å². The highest BCUT2D eigenvalue weighted by atomic mass is 35.5. The Hall–Kier alpha value is -1.81. The third-order valence-electron chi connectivity index (χ3n) is 2.65. The van der Waals surface area contributed by atoms with Crippen LogP contribution in [0.1, 0.15) is 18.9 Å². The van der Waals surface area contributed by atoms with Gasteiger partial charge in [0, 0.05) is 11.1 Å². The molecule has 1 aromatic heterocycles. The molecule has 0 atom stereocenters. The fourth-order valence-corrected chi connectivity index (χ4v) is 1.83. The molecule has 19 heavy (non-hydrogen) atoms. The minimum atomic E-state index is -0.248. The summed E-state index contributed by atoms with van der Waals surface area (Å²) in [6.07, 6.45) is 0.975. The zero-order valence-corrected chi connectivity index (χ0v) is 11.4. The van der Waals surface area contributed by atoms with E-state index in [9.17, 15) is 4.79 Å². The van der Waals surface area contributed by atoms with Crippen LogP contribution in [0.15, 0.2) is 35.1 Å². The number of nitrogens with one attached hydrogen (secondary N) is 1. The van der Waals surface area contributed by atoms with Gasteiger partial charge in [0.1, 0.15) is 5.75 Å². The Labute approximate surface area is 116 Å². The lowest BCUT2D eigenvalue weighted by molar-refractivity contribution is 0.317. The van der Waals surface area contributed by atoms with Crippen molar-refractivity contribution in [3.8, 4) is 17.0 Å². The van der Waals surface area contributed by atoms with E-state index in [1.807, 2.05) is 24.3 Å². The summed E-state index contributed by atoms with van der Waals surface area (Å²) in [6, 6.07) is 9.29. The van der Waals surface area contributed by atoms with Gasteiger partial charge in [-0.25, -0.2) is 5.10 Å². The number of nitrogens with zero attached hydrogens (tertiary/aromatic N) is 1. The number of aromatic nitrogens is 2. The highest BCUT2D eigenvalue weighted by molar-refractivity contribution is 6.17. The van der Waals surface area contributed by atoms with Crippen LogP contribution >= 0.6 is 11.6 Å². The predicted octanol–water partition coefficient (Wildman–Crippen LogP) is 2.96. The van der Waals surface area contributed by atoms with Crippen LogP contribution in [-0.4, -0.2) is 16.8 Å².